The Morgan fingerprint density at radius 2 is 1.34 bits per heavy atom. The molecule has 1 fully saturated rings. The summed E-state index contributed by atoms with van der Waals surface area (Å²) in [6, 6.07) is 0. The molecule has 0 radical (unpaired) electrons. The summed E-state index contributed by atoms with van der Waals surface area (Å²) >= 11 is 0. The van der Waals surface area contributed by atoms with Crippen LogP contribution >= 0.6 is 0 Å². The molecule has 190 valence electrons. The van der Waals surface area contributed by atoms with Crippen molar-refractivity contribution in [2.45, 2.75) is 122 Å². The van der Waals surface area contributed by atoms with E-state index in [1.165, 1.54) is 116 Å². The number of hydrogen-bond acceptors (Lipinski definition) is 4. The van der Waals surface area contributed by atoms with Gasteiger partial charge in [-0.05, 0) is 58.0 Å². The molecule has 1 aliphatic heterocycles. The fourth-order valence-electron chi connectivity index (χ4n) is 4.47. The molecule has 1 heterocycles. The second-order valence-electron chi connectivity index (χ2n) is 9.59. The molecule has 0 saturated carbocycles. The van der Waals surface area contributed by atoms with E-state index in [0.717, 1.165) is 19.6 Å². The second kappa shape index (κ2) is 23.7. The van der Waals surface area contributed by atoms with Crippen LogP contribution < -0.4 is 0 Å². The fourth-order valence-corrected chi connectivity index (χ4v) is 4.47. The highest BCUT2D eigenvalue weighted by molar-refractivity contribution is 4.81. The lowest BCUT2D eigenvalue weighted by Crippen LogP contribution is -2.40. The highest BCUT2D eigenvalue weighted by Crippen LogP contribution is 2.12. The van der Waals surface area contributed by atoms with Crippen LogP contribution in [0.3, 0.4) is 0 Å². The highest BCUT2D eigenvalue weighted by atomic mass is 16.5. The highest BCUT2D eigenvalue weighted by Gasteiger charge is 2.17. The molecule has 4 nitrogen and oxygen atoms in total. The Labute approximate surface area is 200 Å². The van der Waals surface area contributed by atoms with Crippen molar-refractivity contribution >= 4 is 0 Å². The van der Waals surface area contributed by atoms with Crippen molar-refractivity contribution in [2.24, 2.45) is 0 Å². The third-order valence-electron chi connectivity index (χ3n) is 6.46. The van der Waals surface area contributed by atoms with Crippen molar-refractivity contribution in [3.05, 3.63) is 12.2 Å². The molecule has 0 aliphatic carbocycles. The van der Waals surface area contributed by atoms with E-state index in [2.05, 4.69) is 24.0 Å². The summed E-state index contributed by atoms with van der Waals surface area (Å²) in [6.07, 6.45) is 27.5. The molecule has 1 aliphatic rings. The van der Waals surface area contributed by atoms with E-state index >= 15 is 0 Å². The number of aliphatic hydroxyl groups excluding tert-OH is 1. The van der Waals surface area contributed by atoms with Crippen LogP contribution in [0.5, 0.6) is 0 Å². The summed E-state index contributed by atoms with van der Waals surface area (Å²) in [5, 5.41) is 9.07. The van der Waals surface area contributed by atoms with Crippen LogP contribution in [0.15, 0.2) is 12.2 Å². The van der Waals surface area contributed by atoms with E-state index in [4.69, 9.17) is 14.6 Å². The number of piperidine rings is 1. The topological polar surface area (TPSA) is 41.9 Å². The lowest BCUT2D eigenvalue weighted by Gasteiger charge is -2.30. The Kier molecular flexibility index (Phi) is 22.0. The second-order valence-corrected chi connectivity index (χ2v) is 9.59. The molecule has 1 atom stereocenters. The molecule has 0 bridgehead atoms. The van der Waals surface area contributed by atoms with Gasteiger partial charge in [0.1, 0.15) is 0 Å². The average Bonchev–Trinajstić information content (AvgIpc) is 2.82. The fraction of sp³-hybridized carbons (Fsp3) is 0.929. The molecule has 1 N–H and O–H groups in total. The van der Waals surface area contributed by atoms with E-state index in [1.807, 2.05) is 0 Å². The summed E-state index contributed by atoms with van der Waals surface area (Å²) in [6.45, 7) is 7.56. The smallest absolute Gasteiger partial charge is 0.0936 e. The summed E-state index contributed by atoms with van der Waals surface area (Å²) in [5.41, 5.74) is 0. The number of likely N-dealkylation sites (tertiary alicyclic amines) is 1. The molecule has 1 rings (SSSR count). The predicted molar refractivity (Wildman–Crippen MR) is 137 cm³/mol. The number of nitrogens with zero attached hydrogens (tertiary/aromatic N) is 1. The molecule has 0 spiro atoms. The minimum atomic E-state index is 0.0887. The first-order chi connectivity index (χ1) is 15.9. The maximum Gasteiger partial charge on any atom is 0.0936 e. The summed E-state index contributed by atoms with van der Waals surface area (Å²) < 4.78 is 11.7. The molecule has 0 aromatic rings. The van der Waals surface area contributed by atoms with Gasteiger partial charge in [-0.25, -0.2) is 0 Å². The van der Waals surface area contributed by atoms with Crippen LogP contribution in [0.25, 0.3) is 0 Å². The Hall–Kier alpha value is -0.420. The third-order valence-corrected chi connectivity index (χ3v) is 6.46. The van der Waals surface area contributed by atoms with Crippen LogP contribution in [0.1, 0.15) is 116 Å². The van der Waals surface area contributed by atoms with Gasteiger partial charge in [-0.3, -0.25) is 0 Å². The number of hydrogen-bond donors (Lipinski definition) is 1. The van der Waals surface area contributed by atoms with Gasteiger partial charge in [-0.1, -0.05) is 83.3 Å². The predicted octanol–water partition coefficient (Wildman–Crippen LogP) is 6.90. The van der Waals surface area contributed by atoms with Crippen LogP contribution in [-0.4, -0.2) is 62.2 Å². The van der Waals surface area contributed by atoms with Gasteiger partial charge in [-0.15, -0.1) is 0 Å². The van der Waals surface area contributed by atoms with Crippen LogP contribution in [0.2, 0.25) is 0 Å². The zero-order valence-corrected chi connectivity index (χ0v) is 21.4. The van der Waals surface area contributed by atoms with Crippen molar-refractivity contribution in [3.8, 4) is 0 Å². The molecular weight excluding hydrogens is 398 g/mol. The molecule has 0 aromatic heterocycles. The van der Waals surface area contributed by atoms with Crippen LogP contribution in [0.4, 0.5) is 0 Å². The van der Waals surface area contributed by atoms with Gasteiger partial charge in [0, 0.05) is 13.2 Å². The number of unbranched alkanes of at least 4 members (excludes halogenated alkanes) is 12. The number of aliphatic hydroxyl groups is 1. The number of rotatable bonds is 23. The first-order valence-electron chi connectivity index (χ1n) is 14.0. The first-order valence-corrected chi connectivity index (χ1v) is 14.0. The van der Waals surface area contributed by atoms with Gasteiger partial charge in [0.2, 0.25) is 0 Å². The van der Waals surface area contributed by atoms with Crippen molar-refractivity contribution in [2.75, 3.05) is 46.1 Å². The molecule has 1 saturated heterocycles. The Morgan fingerprint density at radius 1 is 0.750 bits per heavy atom. The van der Waals surface area contributed by atoms with Crippen molar-refractivity contribution in [1.82, 2.24) is 4.90 Å². The Balaban J connectivity index is 1.87. The summed E-state index contributed by atoms with van der Waals surface area (Å²) in [5.74, 6) is 0. The Bertz CT molecular complexity index is 396. The van der Waals surface area contributed by atoms with E-state index in [1.54, 1.807) is 0 Å². The van der Waals surface area contributed by atoms with Gasteiger partial charge in [0.25, 0.3) is 0 Å². The monoisotopic (exact) mass is 453 g/mol. The minimum Gasteiger partial charge on any atom is -0.394 e. The van der Waals surface area contributed by atoms with Gasteiger partial charge in [0.15, 0.2) is 0 Å². The minimum absolute atomic E-state index is 0.0887. The lowest BCUT2D eigenvalue weighted by molar-refractivity contribution is -0.0444. The van der Waals surface area contributed by atoms with Crippen LogP contribution in [-0.2, 0) is 9.47 Å². The summed E-state index contributed by atoms with van der Waals surface area (Å²) in [7, 11) is 0. The molecule has 0 amide bonds. The molecule has 4 heteroatoms. The first kappa shape index (κ1) is 29.6. The van der Waals surface area contributed by atoms with Gasteiger partial charge >= 0.3 is 0 Å². The zero-order chi connectivity index (χ0) is 23.0. The molecular formula is C28H55NO3. The lowest BCUT2D eigenvalue weighted by atomic mass is 10.1. The normalized spacial score (nSPS) is 16.2. The maximum atomic E-state index is 9.07. The quantitative estimate of drug-likeness (QED) is 0.135. The third kappa shape index (κ3) is 19.1. The van der Waals surface area contributed by atoms with Gasteiger partial charge in [-0.2, -0.15) is 0 Å². The number of allylic oxidation sites excluding steroid dienone is 2. The van der Waals surface area contributed by atoms with Crippen molar-refractivity contribution < 1.29 is 14.6 Å². The standard InChI is InChI=1S/C28H55NO3/c1-2-3-4-5-6-7-8-9-10-11-12-13-14-15-16-20-24-31-27-28(32-25-23-30)26-29-21-18-17-19-22-29/h9-10,28,30H,2-8,11-27H2,1H3. The van der Waals surface area contributed by atoms with E-state index < -0.39 is 0 Å². The van der Waals surface area contributed by atoms with Crippen molar-refractivity contribution in [1.29, 1.82) is 0 Å². The van der Waals surface area contributed by atoms with Crippen LogP contribution in [0, 0.1) is 0 Å². The largest absolute Gasteiger partial charge is 0.394 e. The van der Waals surface area contributed by atoms with E-state index in [-0.39, 0.29) is 12.7 Å². The average molecular weight is 454 g/mol. The van der Waals surface area contributed by atoms with Crippen molar-refractivity contribution in [3.63, 3.8) is 0 Å². The van der Waals surface area contributed by atoms with E-state index in [9.17, 15) is 0 Å². The molecule has 0 aromatic carbocycles. The molecule has 32 heavy (non-hydrogen) atoms. The number of ether oxygens (including phenoxy) is 2. The zero-order valence-electron chi connectivity index (χ0n) is 21.4. The van der Waals surface area contributed by atoms with Gasteiger partial charge in [0.05, 0.1) is 25.9 Å². The molecule has 1 unspecified atom stereocenters. The van der Waals surface area contributed by atoms with E-state index in [0.29, 0.717) is 13.2 Å². The maximum absolute atomic E-state index is 9.07. The summed E-state index contributed by atoms with van der Waals surface area (Å²) in [4.78, 5) is 2.48. The van der Waals surface area contributed by atoms with Gasteiger partial charge < -0.3 is 19.5 Å². The SMILES string of the molecule is CCCCCCCCC=CCCCCCCCCOCC(CN1CCCCC1)OCCO. The Morgan fingerprint density at radius 3 is 1.97 bits per heavy atom.